The Labute approximate surface area is 269 Å². The monoisotopic (exact) mass is 657 g/mol. The smallest absolute Gasteiger partial charge is 0.412 e. The van der Waals surface area contributed by atoms with E-state index in [2.05, 4.69) is 51.5 Å². The van der Waals surface area contributed by atoms with Crippen LogP contribution in [0.1, 0.15) is 57.7 Å². The zero-order valence-corrected chi connectivity index (χ0v) is 30.9. The van der Waals surface area contributed by atoms with Gasteiger partial charge in [-0.15, -0.1) is 0 Å². The van der Waals surface area contributed by atoms with Gasteiger partial charge in [0, 0.05) is 46.7 Å². The minimum absolute atomic E-state index is 0.0192. The summed E-state index contributed by atoms with van der Waals surface area (Å²) in [5, 5.41) is 7.71. The third-order valence-corrected chi connectivity index (χ3v) is 12.1. The molecule has 1 fully saturated rings. The zero-order chi connectivity index (χ0) is 32.9. The lowest BCUT2D eigenvalue weighted by atomic mass is 9.54. The molecule has 0 atom stereocenters. The molecule has 0 spiro atoms. The van der Waals surface area contributed by atoms with Crippen molar-refractivity contribution in [3.63, 3.8) is 0 Å². The Morgan fingerprint density at radius 3 is 2.27 bits per heavy atom. The molecule has 12 heteroatoms. The Morgan fingerprint density at radius 2 is 1.67 bits per heavy atom. The summed E-state index contributed by atoms with van der Waals surface area (Å²) in [5.74, 6) is 0.493. The summed E-state index contributed by atoms with van der Waals surface area (Å²) in [6, 6.07) is 5.11. The number of hydrogen-bond acceptors (Lipinski definition) is 6. The molecular weight excluding hydrogens is 606 g/mol. The number of rotatable bonds is 12. The van der Waals surface area contributed by atoms with Gasteiger partial charge in [0.1, 0.15) is 30.6 Å². The van der Waals surface area contributed by atoms with E-state index >= 15 is 4.39 Å². The molecule has 3 aromatic rings. The molecule has 6 rings (SSSR count). The summed E-state index contributed by atoms with van der Waals surface area (Å²) in [5.41, 5.74) is 4.02. The van der Waals surface area contributed by atoms with Crippen LogP contribution >= 0.6 is 0 Å². The van der Waals surface area contributed by atoms with Crippen molar-refractivity contribution in [1.82, 2.24) is 19.3 Å². The summed E-state index contributed by atoms with van der Waals surface area (Å²) in [4.78, 5) is 17.5. The maximum absolute atomic E-state index is 15.5. The molecule has 0 unspecified atom stereocenters. The van der Waals surface area contributed by atoms with Crippen molar-refractivity contribution in [1.29, 1.82) is 0 Å². The molecule has 1 saturated carbocycles. The third kappa shape index (κ3) is 8.06. The van der Waals surface area contributed by atoms with Crippen LogP contribution in [-0.2, 0) is 34.1 Å². The number of anilines is 1. The molecule has 1 aromatic carbocycles. The summed E-state index contributed by atoms with van der Waals surface area (Å²) in [7, 11) is -2.52. The molecule has 0 radical (unpaired) electrons. The van der Waals surface area contributed by atoms with E-state index in [1.807, 2.05) is 9.25 Å². The van der Waals surface area contributed by atoms with Crippen LogP contribution in [0, 0.1) is 11.2 Å². The van der Waals surface area contributed by atoms with Crippen LogP contribution in [0.4, 0.5) is 14.9 Å². The minimum atomic E-state index is -1.30. The van der Waals surface area contributed by atoms with Gasteiger partial charge in [-0.05, 0) is 69.5 Å². The highest BCUT2D eigenvalue weighted by Gasteiger charge is 2.50. The molecule has 3 aliphatic carbocycles. The van der Waals surface area contributed by atoms with Crippen molar-refractivity contribution in [2.45, 2.75) is 123 Å². The van der Waals surface area contributed by atoms with E-state index in [9.17, 15) is 4.79 Å². The lowest BCUT2D eigenvalue weighted by Gasteiger charge is -2.50. The normalized spacial score (nSPS) is 19.8. The van der Waals surface area contributed by atoms with Gasteiger partial charge in [-0.25, -0.2) is 18.9 Å². The number of halogens is 1. The van der Waals surface area contributed by atoms with Crippen LogP contribution in [-0.4, -0.2) is 60.4 Å². The van der Waals surface area contributed by atoms with Crippen LogP contribution in [0.3, 0.4) is 0 Å². The first kappa shape index (κ1) is 33.8. The number of hydrogen-bond donors (Lipinski definition) is 1. The van der Waals surface area contributed by atoms with Gasteiger partial charge >= 0.3 is 6.09 Å². The van der Waals surface area contributed by atoms with Crippen LogP contribution in [0.2, 0.25) is 51.4 Å². The van der Waals surface area contributed by atoms with E-state index in [-0.39, 0.29) is 17.8 Å². The second-order valence-electron chi connectivity index (χ2n) is 16.8. The second-order valence-corrected chi connectivity index (χ2v) is 28.1. The predicted molar refractivity (Wildman–Crippen MR) is 183 cm³/mol. The van der Waals surface area contributed by atoms with Gasteiger partial charge in [-0.1, -0.05) is 46.2 Å². The third-order valence-electron chi connectivity index (χ3n) is 8.69. The second kappa shape index (κ2) is 12.2. The van der Waals surface area contributed by atoms with Gasteiger partial charge in [-0.3, -0.25) is 9.88 Å². The van der Waals surface area contributed by atoms with E-state index in [1.54, 1.807) is 26.8 Å². The largest absolute Gasteiger partial charge is 0.444 e. The first-order valence-corrected chi connectivity index (χ1v) is 23.7. The van der Waals surface area contributed by atoms with Crippen molar-refractivity contribution in [3.05, 3.63) is 29.2 Å². The molecule has 45 heavy (non-hydrogen) atoms. The maximum Gasteiger partial charge on any atom is 0.412 e. The average molecular weight is 658 g/mol. The molecule has 2 bridgehead atoms. The molecule has 0 aliphatic heterocycles. The van der Waals surface area contributed by atoms with Gasteiger partial charge in [0.05, 0.1) is 16.7 Å². The number of aromatic nitrogens is 4. The van der Waals surface area contributed by atoms with Gasteiger partial charge in [0.2, 0.25) is 0 Å². The van der Waals surface area contributed by atoms with Gasteiger partial charge in [-0.2, -0.15) is 5.10 Å². The molecule has 248 valence electrons. The Balaban J connectivity index is 1.54. The van der Waals surface area contributed by atoms with Crippen LogP contribution in [0.15, 0.2) is 12.1 Å². The first-order chi connectivity index (χ1) is 20.8. The Hall–Kier alpha value is -2.55. The number of nitrogens with zero attached hydrogens (tertiary/aromatic N) is 4. The number of carbonyl (C=O) groups is 1. The topological polar surface area (TPSA) is 92.4 Å². The molecular formula is C33H52FN5O4Si2. The number of fused-ring (bicyclic) bond motifs is 1. The highest BCUT2D eigenvalue weighted by molar-refractivity contribution is 6.76. The minimum Gasteiger partial charge on any atom is -0.444 e. The predicted octanol–water partition coefficient (Wildman–Crippen LogP) is 8.45. The number of ether oxygens (including phenoxy) is 3. The highest BCUT2D eigenvalue weighted by Crippen LogP contribution is 2.59. The van der Waals surface area contributed by atoms with Crippen molar-refractivity contribution < 1.29 is 23.4 Å². The number of carbonyl (C=O) groups excluding carboxylic acids is 1. The van der Waals surface area contributed by atoms with E-state index in [1.165, 1.54) is 17.3 Å². The SMILES string of the molecule is CC12Cc3c(c(-c4nc5cc(NC(=O)OC(C)(C)C)c(F)cc5n4COCC[Si](C)(C)C)nn3COCC[Si](C)(C)C)C(C1)C2. The fourth-order valence-electron chi connectivity index (χ4n) is 6.31. The van der Waals surface area contributed by atoms with Crippen LogP contribution in [0.5, 0.6) is 0 Å². The average Bonchev–Trinajstić information content (AvgIpc) is 3.39. The summed E-state index contributed by atoms with van der Waals surface area (Å²) < 4.78 is 37.3. The van der Waals surface area contributed by atoms with Gasteiger partial charge in [0.15, 0.2) is 5.82 Å². The summed E-state index contributed by atoms with van der Waals surface area (Å²) in [6.07, 6.45) is 2.49. The molecule has 3 aliphatic rings. The quantitative estimate of drug-likeness (QED) is 0.155. The Morgan fingerprint density at radius 1 is 1.04 bits per heavy atom. The van der Waals surface area contributed by atoms with E-state index in [0.29, 0.717) is 36.1 Å². The molecule has 2 heterocycles. The molecule has 1 amide bonds. The van der Waals surface area contributed by atoms with E-state index in [0.717, 1.165) is 43.7 Å². The van der Waals surface area contributed by atoms with Crippen LogP contribution in [0.25, 0.3) is 22.6 Å². The number of benzene rings is 1. The molecule has 1 N–H and O–H groups in total. The van der Waals surface area contributed by atoms with Crippen molar-refractivity contribution in [2.24, 2.45) is 5.41 Å². The summed E-state index contributed by atoms with van der Waals surface area (Å²) in [6.45, 7) is 23.7. The standard InChI is InChI=1S/C33H52FN5O4Si2/c1-32(2,3)43-31(40)36-24-16-25-26(15-23(24)34)38(20-41-11-13-44(5,6)7)30(35-25)29-28-22-17-33(4,18-22)19-27(28)39(37-29)21-42-12-14-45(8,9)10/h15-16,22H,11-14,17-21H2,1-10H3,(H,36,40). The number of nitrogens with one attached hydrogen (secondary N) is 1. The maximum atomic E-state index is 15.5. The first-order valence-electron chi connectivity index (χ1n) is 16.3. The Kier molecular flexibility index (Phi) is 9.19. The lowest BCUT2D eigenvalue weighted by Crippen LogP contribution is -2.41. The highest BCUT2D eigenvalue weighted by atomic mass is 28.3. The molecule has 9 nitrogen and oxygen atoms in total. The number of amides is 1. The fraction of sp³-hybridized carbons (Fsp3) is 0.667. The van der Waals surface area contributed by atoms with E-state index in [4.69, 9.17) is 24.3 Å². The van der Waals surface area contributed by atoms with Crippen molar-refractivity contribution >= 4 is 39.0 Å². The van der Waals surface area contributed by atoms with E-state index < -0.39 is 33.7 Å². The van der Waals surface area contributed by atoms with Gasteiger partial charge in [0.25, 0.3) is 0 Å². The summed E-state index contributed by atoms with van der Waals surface area (Å²) >= 11 is 0. The zero-order valence-electron chi connectivity index (χ0n) is 28.9. The lowest BCUT2D eigenvalue weighted by molar-refractivity contribution is 0.0632. The van der Waals surface area contributed by atoms with Crippen molar-refractivity contribution in [2.75, 3.05) is 18.5 Å². The van der Waals surface area contributed by atoms with Crippen molar-refractivity contribution in [3.8, 4) is 11.5 Å². The fourth-order valence-corrected chi connectivity index (χ4v) is 7.82. The number of imidazole rings is 1. The molecule has 0 saturated heterocycles. The van der Waals surface area contributed by atoms with Crippen LogP contribution < -0.4 is 5.32 Å². The molecule has 2 aromatic heterocycles. The van der Waals surface area contributed by atoms with Gasteiger partial charge < -0.3 is 14.2 Å². The Bertz CT molecular complexity index is 1560.